The zero-order valence-corrected chi connectivity index (χ0v) is 14.8. The van der Waals surface area contributed by atoms with Crippen LogP contribution in [0.15, 0.2) is 60.7 Å². The third kappa shape index (κ3) is 4.49. The number of hydrogen-bond donors (Lipinski definition) is 0. The zero-order chi connectivity index (χ0) is 17.5. The van der Waals surface area contributed by atoms with Crippen molar-refractivity contribution in [3.8, 4) is 0 Å². The van der Waals surface area contributed by atoms with Crippen LogP contribution in [0.3, 0.4) is 0 Å². The van der Waals surface area contributed by atoms with E-state index >= 15 is 0 Å². The summed E-state index contributed by atoms with van der Waals surface area (Å²) in [5.41, 5.74) is 2.14. The van der Waals surface area contributed by atoms with Gasteiger partial charge >= 0.3 is 0 Å². The second-order valence-electron chi connectivity index (χ2n) is 6.63. The van der Waals surface area contributed by atoms with Gasteiger partial charge in [-0.3, -0.25) is 9.69 Å². The van der Waals surface area contributed by atoms with Crippen molar-refractivity contribution in [1.29, 1.82) is 0 Å². The van der Waals surface area contributed by atoms with Crippen molar-refractivity contribution in [3.63, 3.8) is 0 Å². The van der Waals surface area contributed by atoms with Gasteiger partial charge in [-0.05, 0) is 24.1 Å². The van der Waals surface area contributed by atoms with Crippen molar-refractivity contribution >= 4 is 5.91 Å². The molecule has 0 atom stereocenters. The van der Waals surface area contributed by atoms with Crippen LogP contribution in [-0.4, -0.2) is 48.4 Å². The van der Waals surface area contributed by atoms with E-state index in [9.17, 15) is 4.79 Å². The number of carbonyl (C=O) groups is 1. The van der Waals surface area contributed by atoms with E-state index in [4.69, 9.17) is 0 Å². The fourth-order valence-corrected chi connectivity index (χ4v) is 3.48. The molecular weight excluding hydrogens is 308 g/mol. The summed E-state index contributed by atoms with van der Waals surface area (Å²) in [7, 11) is 0. The van der Waals surface area contributed by atoms with Crippen LogP contribution in [0.4, 0.5) is 0 Å². The molecule has 1 saturated heterocycles. The molecule has 131 valence electrons. The van der Waals surface area contributed by atoms with E-state index in [1.54, 1.807) is 0 Å². The Kier molecular flexibility index (Phi) is 6.24. The average Bonchev–Trinajstić information content (AvgIpc) is 2.68. The molecule has 1 aliphatic rings. The van der Waals surface area contributed by atoms with Gasteiger partial charge in [0.2, 0.25) is 5.91 Å². The van der Waals surface area contributed by atoms with Crippen molar-refractivity contribution in [3.05, 3.63) is 78.7 Å². The average molecular weight is 335 g/mol. The first-order valence-corrected chi connectivity index (χ1v) is 9.20. The topological polar surface area (TPSA) is 23.6 Å². The number of nitrogens with zero attached hydrogens (tertiary/aromatic N) is 2. The van der Waals surface area contributed by atoms with Crippen molar-refractivity contribution < 1.29 is 4.79 Å². The molecule has 1 fully saturated rings. The first-order valence-electron chi connectivity index (χ1n) is 9.20. The first-order chi connectivity index (χ1) is 12.3. The second kappa shape index (κ2) is 8.82. The predicted octanol–water partition coefficient (Wildman–Crippen LogP) is 3.58. The van der Waals surface area contributed by atoms with Gasteiger partial charge in [-0.15, -0.1) is 0 Å². The summed E-state index contributed by atoms with van der Waals surface area (Å²) < 4.78 is 0. The molecule has 1 heterocycles. The summed E-state index contributed by atoms with van der Waals surface area (Å²) in [6.45, 7) is 8.55. The van der Waals surface area contributed by atoms with Gasteiger partial charge in [-0.25, -0.2) is 0 Å². The molecule has 0 unspecified atom stereocenters. The van der Waals surface area contributed by atoms with E-state index in [2.05, 4.69) is 36.1 Å². The third-order valence-corrected chi connectivity index (χ3v) is 4.92. The molecular formula is C22H27N2O. The molecule has 2 aromatic rings. The number of amides is 1. The van der Waals surface area contributed by atoms with Crippen LogP contribution in [0.5, 0.6) is 0 Å². The summed E-state index contributed by atoms with van der Waals surface area (Å²) in [6.07, 6.45) is 2.10. The lowest BCUT2D eigenvalue weighted by Gasteiger charge is -2.36. The third-order valence-electron chi connectivity index (χ3n) is 4.92. The highest BCUT2D eigenvalue weighted by atomic mass is 16.2. The van der Waals surface area contributed by atoms with E-state index in [0.717, 1.165) is 56.7 Å². The summed E-state index contributed by atoms with van der Waals surface area (Å²) in [5.74, 6) is 0.00278. The molecule has 25 heavy (non-hydrogen) atoms. The lowest BCUT2D eigenvalue weighted by molar-refractivity contribution is -0.133. The predicted molar refractivity (Wildman–Crippen MR) is 102 cm³/mol. The minimum Gasteiger partial charge on any atom is -0.339 e. The van der Waals surface area contributed by atoms with Gasteiger partial charge in [0.1, 0.15) is 0 Å². The Morgan fingerprint density at radius 3 is 1.88 bits per heavy atom. The van der Waals surface area contributed by atoms with Crippen molar-refractivity contribution in [2.24, 2.45) is 0 Å². The Morgan fingerprint density at radius 1 is 0.880 bits per heavy atom. The monoisotopic (exact) mass is 335 g/mol. The van der Waals surface area contributed by atoms with E-state index in [1.165, 1.54) is 0 Å². The van der Waals surface area contributed by atoms with Gasteiger partial charge < -0.3 is 4.90 Å². The molecule has 0 spiro atoms. The maximum Gasteiger partial charge on any atom is 0.234 e. The molecule has 1 aliphatic heterocycles. The molecule has 0 aromatic heterocycles. The Hall–Kier alpha value is -2.13. The molecule has 3 nitrogen and oxygen atoms in total. The van der Waals surface area contributed by atoms with Crippen molar-refractivity contribution in [2.75, 3.05) is 32.7 Å². The number of unbranched alkanes of at least 4 members (excludes halogenated alkanes) is 1. The van der Waals surface area contributed by atoms with Gasteiger partial charge in [0.15, 0.2) is 0 Å². The number of carbonyl (C=O) groups excluding carboxylic acids is 1. The summed E-state index contributed by atoms with van der Waals surface area (Å²) in [6, 6.07) is 20.3. The van der Waals surface area contributed by atoms with Gasteiger partial charge in [0.25, 0.3) is 0 Å². The second-order valence-corrected chi connectivity index (χ2v) is 6.63. The van der Waals surface area contributed by atoms with Crippen LogP contribution in [-0.2, 0) is 4.79 Å². The SMILES string of the molecule is [CH2]CCCN1CCN(C(=O)C(c2ccccc2)c2ccccc2)CC1. The van der Waals surface area contributed by atoms with Crippen molar-refractivity contribution in [1.82, 2.24) is 9.80 Å². The Balaban J connectivity index is 1.75. The molecule has 1 amide bonds. The normalized spacial score (nSPS) is 15.5. The van der Waals surface area contributed by atoms with Gasteiger partial charge in [-0.1, -0.05) is 74.0 Å². The standard InChI is InChI=1S/C22H27N2O/c1-2-3-14-23-15-17-24(18-16-23)22(25)21(19-10-6-4-7-11-19)20-12-8-5-9-13-20/h4-13,21H,1-3,14-18H2. The van der Waals surface area contributed by atoms with E-state index in [-0.39, 0.29) is 11.8 Å². The van der Waals surface area contributed by atoms with E-state index in [1.807, 2.05) is 41.3 Å². The lowest BCUT2D eigenvalue weighted by Crippen LogP contribution is -2.50. The fourth-order valence-electron chi connectivity index (χ4n) is 3.48. The summed E-state index contributed by atoms with van der Waals surface area (Å²) in [4.78, 5) is 17.8. The van der Waals surface area contributed by atoms with Gasteiger partial charge in [-0.2, -0.15) is 0 Å². The van der Waals surface area contributed by atoms with Crippen molar-refractivity contribution in [2.45, 2.75) is 18.8 Å². The van der Waals surface area contributed by atoms with E-state index < -0.39 is 0 Å². The number of hydrogen-bond acceptors (Lipinski definition) is 2. The van der Waals surface area contributed by atoms with E-state index in [0.29, 0.717) is 0 Å². The molecule has 0 N–H and O–H groups in total. The van der Waals surface area contributed by atoms with Crippen LogP contribution in [0.2, 0.25) is 0 Å². The Bertz CT molecular complexity index is 609. The van der Waals surface area contributed by atoms with Gasteiger partial charge in [0.05, 0.1) is 5.92 Å². The van der Waals surface area contributed by atoms with Gasteiger partial charge in [0, 0.05) is 26.2 Å². The zero-order valence-electron chi connectivity index (χ0n) is 14.8. The Labute approximate surface area is 151 Å². The minimum atomic E-state index is -0.214. The highest BCUT2D eigenvalue weighted by Gasteiger charge is 2.29. The summed E-state index contributed by atoms with van der Waals surface area (Å²) in [5, 5.41) is 0. The molecule has 0 bridgehead atoms. The molecule has 3 rings (SSSR count). The smallest absolute Gasteiger partial charge is 0.234 e. The van der Waals surface area contributed by atoms with Crippen LogP contribution in [0, 0.1) is 6.92 Å². The maximum atomic E-state index is 13.3. The lowest BCUT2D eigenvalue weighted by atomic mass is 9.90. The molecule has 0 saturated carbocycles. The molecule has 1 radical (unpaired) electrons. The quantitative estimate of drug-likeness (QED) is 0.806. The van der Waals surface area contributed by atoms with Crippen LogP contribution in [0.1, 0.15) is 29.9 Å². The van der Waals surface area contributed by atoms with Crippen LogP contribution < -0.4 is 0 Å². The maximum absolute atomic E-state index is 13.3. The highest BCUT2D eigenvalue weighted by Crippen LogP contribution is 2.27. The highest BCUT2D eigenvalue weighted by molar-refractivity contribution is 5.87. The molecule has 0 aliphatic carbocycles. The molecule has 3 heteroatoms. The minimum absolute atomic E-state index is 0.214. The first kappa shape index (κ1) is 17.7. The number of rotatable bonds is 6. The van der Waals surface area contributed by atoms with Crippen LogP contribution in [0.25, 0.3) is 0 Å². The fraction of sp³-hybridized carbons (Fsp3) is 0.364. The van der Waals surface area contributed by atoms with Crippen LogP contribution >= 0.6 is 0 Å². The Morgan fingerprint density at radius 2 is 1.40 bits per heavy atom. The number of piperazine rings is 1. The largest absolute Gasteiger partial charge is 0.339 e. The number of benzene rings is 2. The molecule has 2 aromatic carbocycles. The summed E-state index contributed by atoms with van der Waals surface area (Å²) >= 11 is 0.